The monoisotopic (exact) mass is 622 g/mol. The Morgan fingerprint density at radius 2 is 1.60 bits per heavy atom. The Morgan fingerprint density at radius 3 is 2.33 bits per heavy atom. The van der Waals surface area contributed by atoms with E-state index in [0.29, 0.717) is 47.0 Å². The van der Waals surface area contributed by atoms with Crippen molar-refractivity contribution in [3.8, 4) is 28.1 Å². The van der Waals surface area contributed by atoms with Crippen LogP contribution in [0.2, 0.25) is 5.02 Å². The maximum atomic E-state index is 13.1. The molecule has 0 saturated carbocycles. The number of urea groups is 1. The molecule has 0 spiro atoms. The van der Waals surface area contributed by atoms with Crippen LogP contribution in [0.3, 0.4) is 0 Å². The number of aromatic hydroxyl groups is 1. The summed E-state index contributed by atoms with van der Waals surface area (Å²) in [5, 5.41) is 22.6. The van der Waals surface area contributed by atoms with Crippen molar-refractivity contribution in [1.29, 1.82) is 0 Å². The van der Waals surface area contributed by atoms with Crippen molar-refractivity contribution in [1.82, 2.24) is 20.1 Å². The van der Waals surface area contributed by atoms with Crippen LogP contribution in [0.4, 0.5) is 16.2 Å². The predicted octanol–water partition coefficient (Wildman–Crippen LogP) is 6.49. The van der Waals surface area contributed by atoms with Crippen molar-refractivity contribution in [2.75, 3.05) is 10.6 Å². The maximum absolute atomic E-state index is 13.1. The molecular formula is C34H31ClN6O4. The third-order valence-electron chi connectivity index (χ3n) is 7.13. The summed E-state index contributed by atoms with van der Waals surface area (Å²) >= 11 is 6.27. The summed E-state index contributed by atoms with van der Waals surface area (Å²) in [6, 6.07) is 22.4. The SMILES string of the molecule is CCc1cncc(Cl)c1NC(=O)Nc1cc(-c2cccc(-c3cccc(C(=O)NCc4ccc(O)cc4)c3)c2)nn(CC)c1=O. The number of anilines is 2. The van der Waals surface area contributed by atoms with E-state index in [-0.39, 0.29) is 17.3 Å². The molecule has 2 heterocycles. The van der Waals surface area contributed by atoms with E-state index in [1.165, 1.54) is 16.9 Å². The highest BCUT2D eigenvalue weighted by atomic mass is 35.5. The average molecular weight is 623 g/mol. The van der Waals surface area contributed by atoms with E-state index < -0.39 is 11.6 Å². The summed E-state index contributed by atoms with van der Waals surface area (Å²) in [6.07, 6.45) is 3.68. The summed E-state index contributed by atoms with van der Waals surface area (Å²) in [6.45, 7) is 4.33. The molecule has 0 radical (unpaired) electrons. The first-order chi connectivity index (χ1) is 21.7. The van der Waals surface area contributed by atoms with Gasteiger partial charge in [0.15, 0.2) is 0 Å². The normalized spacial score (nSPS) is 10.7. The third kappa shape index (κ3) is 7.36. The van der Waals surface area contributed by atoms with Gasteiger partial charge in [0, 0.05) is 36.6 Å². The van der Waals surface area contributed by atoms with Crippen LogP contribution in [0.1, 0.15) is 35.3 Å². The lowest BCUT2D eigenvalue weighted by Crippen LogP contribution is -2.30. The number of nitrogens with zero attached hydrogens (tertiary/aromatic N) is 3. The fraction of sp³-hybridized carbons (Fsp3) is 0.147. The summed E-state index contributed by atoms with van der Waals surface area (Å²) < 4.78 is 1.29. The van der Waals surface area contributed by atoms with Gasteiger partial charge in [-0.3, -0.25) is 14.6 Å². The third-order valence-corrected chi connectivity index (χ3v) is 7.41. The second-order valence-electron chi connectivity index (χ2n) is 10.2. The van der Waals surface area contributed by atoms with Gasteiger partial charge in [0.05, 0.1) is 16.4 Å². The van der Waals surface area contributed by atoms with Crippen molar-refractivity contribution >= 4 is 34.9 Å². The standard InChI is InChI=1S/C34H31ClN6O4/c1-3-22-19-36-20-28(35)31(22)39-34(45)38-30-17-29(40-41(4-2)33(30)44)25-9-5-7-23(15-25)24-8-6-10-26(16-24)32(43)37-18-21-11-13-27(42)14-12-21/h5-17,19-20,42H,3-4,18H2,1-2H3,(H,37,43)(H2,36,38,39,45). The minimum Gasteiger partial charge on any atom is -0.508 e. The Labute approximate surface area is 264 Å². The van der Waals surface area contributed by atoms with E-state index in [1.54, 1.807) is 49.5 Å². The second kappa shape index (κ2) is 13.9. The van der Waals surface area contributed by atoms with E-state index in [2.05, 4.69) is 26.0 Å². The average Bonchev–Trinajstić information content (AvgIpc) is 3.06. The molecule has 0 unspecified atom stereocenters. The predicted molar refractivity (Wildman–Crippen MR) is 176 cm³/mol. The molecule has 3 amide bonds. The number of carbonyl (C=O) groups excluding carboxylic acids is 2. The second-order valence-corrected chi connectivity index (χ2v) is 10.6. The van der Waals surface area contributed by atoms with Crippen LogP contribution in [-0.2, 0) is 19.5 Å². The number of aromatic nitrogens is 3. The number of halogens is 1. The van der Waals surface area contributed by atoms with Gasteiger partial charge >= 0.3 is 6.03 Å². The first-order valence-corrected chi connectivity index (χ1v) is 14.7. The topological polar surface area (TPSA) is 138 Å². The van der Waals surface area contributed by atoms with E-state index in [9.17, 15) is 19.5 Å². The van der Waals surface area contributed by atoms with Gasteiger partial charge in [0.2, 0.25) is 0 Å². The molecule has 5 rings (SSSR count). The molecule has 0 aliphatic rings. The number of phenols is 1. The zero-order valence-corrected chi connectivity index (χ0v) is 25.4. The molecule has 4 N–H and O–H groups in total. The number of rotatable bonds is 9. The van der Waals surface area contributed by atoms with Crippen LogP contribution in [0.25, 0.3) is 22.4 Å². The molecule has 0 atom stereocenters. The Kier molecular flexibility index (Phi) is 9.54. The number of pyridine rings is 1. The van der Waals surface area contributed by atoms with Gasteiger partial charge in [-0.2, -0.15) is 5.10 Å². The number of hydrogen-bond donors (Lipinski definition) is 4. The van der Waals surface area contributed by atoms with Crippen LogP contribution in [0.5, 0.6) is 5.75 Å². The molecule has 0 aliphatic carbocycles. The quantitative estimate of drug-likeness (QED) is 0.148. The fourth-order valence-electron chi connectivity index (χ4n) is 4.73. The molecule has 45 heavy (non-hydrogen) atoms. The van der Waals surface area contributed by atoms with E-state index in [4.69, 9.17) is 11.6 Å². The van der Waals surface area contributed by atoms with Gasteiger partial charge in [-0.05, 0) is 72.0 Å². The van der Waals surface area contributed by atoms with Crippen LogP contribution in [-0.4, -0.2) is 31.8 Å². The molecule has 0 bridgehead atoms. The molecule has 5 aromatic rings. The Balaban J connectivity index is 1.38. The summed E-state index contributed by atoms with van der Waals surface area (Å²) in [7, 11) is 0. The molecular weight excluding hydrogens is 592 g/mol. The van der Waals surface area contributed by atoms with Crippen molar-refractivity contribution in [2.24, 2.45) is 0 Å². The lowest BCUT2D eigenvalue weighted by atomic mass is 9.99. The number of phenolic OH excluding ortho intramolecular Hbond substituents is 1. The van der Waals surface area contributed by atoms with Crippen molar-refractivity contribution in [2.45, 2.75) is 33.4 Å². The first kappa shape index (κ1) is 31.0. The number of nitrogens with one attached hydrogen (secondary N) is 3. The van der Waals surface area contributed by atoms with E-state index >= 15 is 0 Å². The molecule has 0 saturated heterocycles. The fourth-order valence-corrected chi connectivity index (χ4v) is 4.96. The highest BCUT2D eigenvalue weighted by Crippen LogP contribution is 2.28. The van der Waals surface area contributed by atoms with Crippen molar-refractivity contribution in [3.05, 3.63) is 123 Å². The van der Waals surface area contributed by atoms with Crippen LogP contribution < -0.4 is 21.5 Å². The van der Waals surface area contributed by atoms with Gasteiger partial charge < -0.3 is 21.1 Å². The van der Waals surface area contributed by atoms with Crippen molar-refractivity contribution in [3.63, 3.8) is 0 Å². The van der Waals surface area contributed by atoms with Crippen molar-refractivity contribution < 1.29 is 14.7 Å². The highest BCUT2D eigenvalue weighted by molar-refractivity contribution is 6.33. The smallest absolute Gasteiger partial charge is 0.323 e. The summed E-state index contributed by atoms with van der Waals surface area (Å²) in [4.78, 5) is 43.0. The number of carbonyl (C=O) groups is 2. The molecule has 11 heteroatoms. The first-order valence-electron chi connectivity index (χ1n) is 14.3. The molecule has 228 valence electrons. The molecule has 10 nitrogen and oxygen atoms in total. The van der Waals surface area contributed by atoms with Gasteiger partial charge in [-0.25, -0.2) is 9.48 Å². The van der Waals surface area contributed by atoms with Crippen LogP contribution in [0.15, 0.2) is 96.1 Å². The number of aryl methyl sites for hydroxylation is 2. The van der Waals surface area contributed by atoms with E-state index in [1.807, 2.05) is 43.3 Å². The number of hydrogen-bond acceptors (Lipinski definition) is 6. The minimum atomic E-state index is -0.621. The van der Waals surface area contributed by atoms with Gasteiger partial charge in [0.1, 0.15) is 11.4 Å². The van der Waals surface area contributed by atoms with Gasteiger partial charge in [-0.15, -0.1) is 0 Å². The van der Waals surface area contributed by atoms with Gasteiger partial charge in [0.25, 0.3) is 11.5 Å². The minimum absolute atomic E-state index is 0.0558. The number of amides is 3. The largest absolute Gasteiger partial charge is 0.508 e. The summed E-state index contributed by atoms with van der Waals surface area (Å²) in [5.74, 6) is -0.0653. The zero-order valence-electron chi connectivity index (χ0n) is 24.7. The lowest BCUT2D eigenvalue weighted by Gasteiger charge is -2.14. The van der Waals surface area contributed by atoms with Crippen LogP contribution >= 0.6 is 11.6 Å². The Hall–Kier alpha value is -5.48. The molecule has 0 fully saturated rings. The highest BCUT2D eigenvalue weighted by Gasteiger charge is 2.16. The zero-order chi connectivity index (χ0) is 31.9. The van der Waals surface area contributed by atoms with Crippen LogP contribution in [0, 0.1) is 0 Å². The molecule has 3 aromatic carbocycles. The van der Waals surface area contributed by atoms with Gasteiger partial charge in [-0.1, -0.05) is 61.0 Å². The maximum Gasteiger partial charge on any atom is 0.323 e. The lowest BCUT2D eigenvalue weighted by molar-refractivity contribution is 0.0951. The Morgan fingerprint density at radius 1 is 0.889 bits per heavy atom. The van der Waals surface area contributed by atoms with E-state index in [0.717, 1.165) is 22.3 Å². The summed E-state index contributed by atoms with van der Waals surface area (Å²) in [5.41, 5.74) is 5.00. The molecule has 2 aromatic heterocycles. The molecule has 0 aliphatic heterocycles. The number of benzene rings is 3. The Bertz CT molecular complexity index is 1920.